The maximum absolute atomic E-state index is 9.83. The summed E-state index contributed by atoms with van der Waals surface area (Å²) in [5.41, 5.74) is 4.57. The summed E-state index contributed by atoms with van der Waals surface area (Å²) in [5.74, 6) is 0. The fraction of sp³-hybridized carbons (Fsp3) is 0.300. The molecule has 0 aliphatic rings. The summed E-state index contributed by atoms with van der Waals surface area (Å²) in [6.45, 7) is 0.900. The zero-order chi connectivity index (χ0) is 10.4. The van der Waals surface area contributed by atoms with Gasteiger partial charge in [0.15, 0.2) is 0 Å². The lowest BCUT2D eigenvalue weighted by molar-refractivity contribution is 0.402. The molecule has 0 fully saturated rings. The number of hydrazone groups is 1. The number of benzene rings is 1. The quantitative estimate of drug-likeness (QED) is 0.444. The molecule has 0 amide bonds. The molecule has 0 aromatic heterocycles. The van der Waals surface area contributed by atoms with Crippen LogP contribution in [0, 0.1) is 0 Å². The number of rotatable bonds is 4. The largest absolute Gasteiger partial charge is 0.305 e. The van der Waals surface area contributed by atoms with Crippen molar-refractivity contribution in [2.24, 2.45) is 5.10 Å². The number of nitrogens with one attached hydrogen (secondary N) is 1. The molecule has 0 aliphatic heterocycles. The lowest BCUT2D eigenvalue weighted by Gasteiger charge is -2.09. The molecule has 0 aliphatic carbocycles. The van der Waals surface area contributed by atoms with Gasteiger partial charge in [-0.15, -0.1) is 0 Å². The van der Waals surface area contributed by atoms with E-state index in [1.165, 1.54) is 11.6 Å². The number of isocyanates is 1. The third-order valence-corrected chi connectivity index (χ3v) is 1.68. The number of nitrogens with zero attached hydrogens (tertiary/aromatic N) is 2. The Hall–Kier alpha value is -1.64. The van der Waals surface area contributed by atoms with Gasteiger partial charge in [0.2, 0.25) is 0 Å². The van der Waals surface area contributed by atoms with E-state index in [2.05, 4.69) is 15.4 Å². The molecule has 1 rings (SSSR count). The summed E-state index contributed by atoms with van der Waals surface area (Å²) in [5, 5.41) is 3.27. The van der Waals surface area contributed by atoms with Crippen LogP contribution in [0.3, 0.4) is 0 Å². The summed E-state index contributed by atoms with van der Waals surface area (Å²) in [7, 11) is 4.03. The second kappa shape index (κ2) is 5.17. The summed E-state index contributed by atoms with van der Waals surface area (Å²) in [6, 6.07) is 7.73. The van der Waals surface area contributed by atoms with Crippen LogP contribution in [0.5, 0.6) is 0 Å². The highest BCUT2D eigenvalue weighted by molar-refractivity contribution is 5.46. The molecule has 0 saturated carbocycles. The summed E-state index contributed by atoms with van der Waals surface area (Å²) in [6.07, 6.45) is 1.42. The minimum atomic E-state index is 0.788. The highest BCUT2D eigenvalue weighted by Crippen LogP contribution is 2.10. The molecule has 0 unspecified atom stereocenters. The second-order valence-corrected chi connectivity index (χ2v) is 3.25. The van der Waals surface area contributed by atoms with E-state index in [4.69, 9.17) is 0 Å². The first kappa shape index (κ1) is 10.4. The topological polar surface area (TPSA) is 44.7 Å². The molecule has 0 heterocycles. The third kappa shape index (κ3) is 3.39. The monoisotopic (exact) mass is 191 g/mol. The van der Waals surface area contributed by atoms with Crippen LogP contribution in [0.2, 0.25) is 0 Å². The Balaban J connectivity index is 2.63. The van der Waals surface area contributed by atoms with Crippen molar-refractivity contribution in [3.8, 4) is 0 Å². The number of carbonyl (C=O) groups excluding carboxylic acids is 1. The van der Waals surface area contributed by atoms with Gasteiger partial charge in [-0.3, -0.25) is 5.43 Å². The van der Waals surface area contributed by atoms with Crippen LogP contribution in [-0.2, 0) is 11.3 Å². The molecule has 1 aromatic rings. The average Bonchev–Trinajstić information content (AvgIpc) is 2.16. The highest BCUT2D eigenvalue weighted by Gasteiger charge is 1.95. The lowest BCUT2D eigenvalue weighted by atomic mass is 10.2. The number of hydrogen-bond acceptors (Lipinski definition) is 4. The minimum absolute atomic E-state index is 0.788. The zero-order valence-corrected chi connectivity index (χ0v) is 8.32. The molecule has 4 heteroatoms. The van der Waals surface area contributed by atoms with Crippen molar-refractivity contribution < 1.29 is 4.79 Å². The van der Waals surface area contributed by atoms with Gasteiger partial charge in [0.05, 0.1) is 5.69 Å². The summed E-state index contributed by atoms with van der Waals surface area (Å²) >= 11 is 0. The zero-order valence-electron chi connectivity index (χ0n) is 8.32. The van der Waals surface area contributed by atoms with Gasteiger partial charge in [0.1, 0.15) is 0 Å². The SMILES string of the molecule is CN(C)Cc1ccc(NN=C=O)cc1. The first-order chi connectivity index (χ1) is 6.72. The van der Waals surface area contributed by atoms with Crippen LogP contribution in [0.15, 0.2) is 29.4 Å². The predicted octanol–water partition coefficient (Wildman–Crippen LogP) is 1.41. The summed E-state index contributed by atoms with van der Waals surface area (Å²) in [4.78, 5) is 11.9. The fourth-order valence-corrected chi connectivity index (χ4v) is 1.14. The van der Waals surface area contributed by atoms with Gasteiger partial charge in [-0.2, -0.15) is 0 Å². The molecule has 0 saturated heterocycles. The Labute approximate surface area is 83.2 Å². The van der Waals surface area contributed by atoms with Crippen LogP contribution in [0.4, 0.5) is 5.69 Å². The Bertz CT molecular complexity index is 326. The number of hydrogen-bond donors (Lipinski definition) is 1. The maximum Gasteiger partial charge on any atom is 0.258 e. The fourth-order valence-electron chi connectivity index (χ4n) is 1.14. The van der Waals surface area contributed by atoms with E-state index in [1.54, 1.807) is 0 Å². The van der Waals surface area contributed by atoms with Crippen molar-refractivity contribution in [2.75, 3.05) is 19.5 Å². The molecule has 1 N–H and O–H groups in total. The lowest BCUT2D eigenvalue weighted by Crippen LogP contribution is -2.10. The van der Waals surface area contributed by atoms with Gasteiger partial charge in [-0.05, 0) is 31.8 Å². The Morgan fingerprint density at radius 1 is 1.36 bits per heavy atom. The van der Waals surface area contributed by atoms with Gasteiger partial charge in [0, 0.05) is 6.54 Å². The molecule has 0 atom stereocenters. The molecule has 74 valence electrons. The first-order valence-electron chi connectivity index (χ1n) is 4.29. The number of anilines is 1. The van der Waals surface area contributed by atoms with Crippen LogP contribution in [0.1, 0.15) is 5.56 Å². The normalized spacial score (nSPS) is 9.64. The molecule has 1 aromatic carbocycles. The molecular formula is C10H13N3O. The van der Waals surface area contributed by atoms with E-state index in [-0.39, 0.29) is 0 Å². The van der Waals surface area contributed by atoms with Crippen molar-refractivity contribution in [3.63, 3.8) is 0 Å². The van der Waals surface area contributed by atoms with E-state index in [0.29, 0.717) is 0 Å². The molecule has 4 nitrogen and oxygen atoms in total. The Morgan fingerprint density at radius 2 is 2.00 bits per heavy atom. The molecule has 0 bridgehead atoms. The van der Waals surface area contributed by atoms with Gasteiger partial charge >= 0.3 is 0 Å². The second-order valence-electron chi connectivity index (χ2n) is 3.25. The van der Waals surface area contributed by atoms with Gasteiger partial charge in [0.25, 0.3) is 6.08 Å². The molecule has 0 radical (unpaired) electrons. The van der Waals surface area contributed by atoms with Crippen molar-refractivity contribution in [1.82, 2.24) is 4.90 Å². The van der Waals surface area contributed by atoms with Crippen LogP contribution < -0.4 is 5.43 Å². The predicted molar refractivity (Wildman–Crippen MR) is 55.6 cm³/mol. The molecule has 0 spiro atoms. The van der Waals surface area contributed by atoms with Crippen LogP contribution in [0.25, 0.3) is 0 Å². The van der Waals surface area contributed by atoms with Crippen LogP contribution >= 0.6 is 0 Å². The van der Waals surface area contributed by atoms with E-state index >= 15 is 0 Å². The highest BCUT2D eigenvalue weighted by atomic mass is 16.1. The van der Waals surface area contributed by atoms with E-state index in [9.17, 15) is 4.79 Å². The third-order valence-electron chi connectivity index (χ3n) is 1.68. The van der Waals surface area contributed by atoms with E-state index in [0.717, 1.165) is 12.2 Å². The Kier molecular flexibility index (Phi) is 3.85. The van der Waals surface area contributed by atoms with Crippen molar-refractivity contribution >= 4 is 11.8 Å². The van der Waals surface area contributed by atoms with Crippen LogP contribution in [-0.4, -0.2) is 25.1 Å². The van der Waals surface area contributed by atoms with Crippen molar-refractivity contribution in [3.05, 3.63) is 29.8 Å². The smallest absolute Gasteiger partial charge is 0.258 e. The maximum atomic E-state index is 9.83. The van der Waals surface area contributed by atoms with Gasteiger partial charge in [-0.25, -0.2) is 4.79 Å². The average molecular weight is 191 g/mol. The molecule has 14 heavy (non-hydrogen) atoms. The van der Waals surface area contributed by atoms with Gasteiger partial charge in [-0.1, -0.05) is 17.2 Å². The van der Waals surface area contributed by atoms with E-state index < -0.39 is 0 Å². The van der Waals surface area contributed by atoms with E-state index in [1.807, 2.05) is 38.4 Å². The molecular weight excluding hydrogens is 178 g/mol. The van der Waals surface area contributed by atoms with Crippen molar-refractivity contribution in [1.29, 1.82) is 0 Å². The standard InChI is InChI=1S/C10H13N3O/c1-13(2)7-9-3-5-10(6-4-9)12-11-8-14/h3-6,12H,7H2,1-2H3. The first-order valence-corrected chi connectivity index (χ1v) is 4.29. The van der Waals surface area contributed by atoms with Gasteiger partial charge < -0.3 is 4.90 Å². The van der Waals surface area contributed by atoms with Crippen molar-refractivity contribution in [2.45, 2.75) is 6.54 Å². The minimum Gasteiger partial charge on any atom is -0.305 e. The Morgan fingerprint density at radius 3 is 2.50 bits per heavy atom. The summed E-state index contributed by atoms with van der Waals surface area (Å²) < 4.78 is 0.